The third-order valence-corrected chi connectivity index (χ3v) is 4.04. The van der Waals surface area contributed by atoms with Crippen LogP contribution in [-0.4, -0.2) is 27.5 Å². The topological polar surface area (TPSA) is 92.4 Å². The van der Waals surface area contributed by atoms with E-state index in [1.54, 1.807) is 30.5 Å². The molecule has 2 aromatic rings. The number of benzene rings is 1. The Hall–Kier alpha value is -2.63. The average Bonchev–Trinajstić information content (AvgIpc) is 2.98. The minimum atomic E-state index is -0.888. The summed E-state index contributed by atoms with van der Waals surface area (Å²) in [7, 11) is 0. The van der Waals surface area contributed by atoms with Crippen molar-refractivity contribution in [2.45, 2.75) is 31.2 Å². The predicted octanol–water partition coefficient (Wildman–Crippen LogP) is 2.47. The molecule has 6 nitrogen and oxygen atoms in total. The highest BCUT2D eigenvalue weighted by atomic mass is 16.4. The van der Waals surface area contributed by atoms with Gasteiger partial charge in [0.15, 0.2) is 12.2 Å². The molecule has 0 aliphatic heterocycles. The number of carbonyl (C=O) groups is 2. The highest BCUT2D eigenvalue weighted by Crippen LogP contribution is 2.35. The largest absolute Gasteiger partial charge is 0.481 e. The number of carboxylic acids is 1. The van der Waals surface area contributed by atoms with Gasteiger partial charge in [-0.05, 0) is 31.4 Å². The van der Waals surface area contributed by atoms with E-state index in [0.717, 1.165) is 12.0 Å². The first-order valence-electron chi connectivity index (χ1n) is 7.11. The molecule has 22 heavy (non-hydrogen) atoms. The fraction of sp³-hybridized carbons (Fsp3) is 0.312. The van der Waals surface area contributed by atoms with Gasteiger partial charge < -0.3 is 14.8 Å². The van der Waals surface area contributed by atoms with E-state index in [0.29, 0.717) is 24.2 Å². The maximum atomic E-state index is 12.3. The van der Waals surface area contributed by atoms with Gasteiger partial charge in [0, 0.05) is 11.1 Å². The predicted molar refractivity (Wildman–Crippen MR) is 78.2 cm³/mol. The molecule has 0 radical (unpaired) electrons. The van der Waals surface area contributed by atoms with Crippen LogP contribution in [0.1, 0.15) is 36.0 Å². The Bertz CT molecular complexity index is 673. The second kappa shape index (κ2) is 5.63. The lowest BCUT2D eigenvalue weighted by Gasteiger charge is -2.41. The Morgan fingerprint density at radius 2 is 2.00 bits per heavy atom. The van der Waals surface area contributed by atoms with Crippen molar-refractivity contribution in [3.63, 3.8) is 0 Å². The van der Waals surface area contributed by atoms with Gasteiger partial charge in [-0.25, -0.2) is 4.98 Å². The van der Waals surface area contributed by atoms with Crippen LogP contribution < -0.4 is 5.32 Å². The van der Waals surface area contributed by atoms with Gasteiger partial charge >= 0.3 is 5.97 Å². The summed E-state index contributed by atoms with van der Waals surface area (Å²) >= 11 is 0. The van der Waals surface area contributed by atoms with E-state index in [9.17, 15) is 9.59 Å². The van der Waals surface area contributed by atoms with Gasteiger partial charge in [-0.15, -0.1) is 0 Å². The highest BCUT2D eigenvalue weighted by molar-refractivity contribution is 5.95. The van der Waals surface area contributed by atoms with Crippen LogP contribution in [0.15, 0.2) is 41.3 Å². The van der Waals surface area contributed by atoms with Crippen LogP contribution in [0.25, 0.3) is 11.3 Å². The summed E-state index contributed by atoms with van der Waals surface area (Å²) in [4.78, 5) is 27.1. The van der Waals surface area contributed by atoms with Crippen molar-refractivity contribution in [3.05, 3.63) is 42.4 Å². The van der Waals surface area contributed by atoms with E-state index in [1.165, 1.54) is 6.39 Å². The summed E-state index contributed by atoms with van der Waals surface area (Å²) in [5, 5.41) is 11.8. The molecule has 1 aliphatic carbocycles. The molecule has 0 atom stereocenters. The summed E-state index contributed by atoms with van der Waals surface area (Å²) in [6.45, 7) is 0. The zero-order valence-electron chi connectivity index (χ0n) is 11.9. The van der Waals surface area contributed by atoms with Crippen LogP contribution in [0.4, 0.5) is 0 Å². The Morgan fingerprint density at radius 3 is 2.50 bits per heavy atom. The molecule has 0 spiro atoms. The van der Waals surface area contributed by atoms with E-state index in [-0.39, 0.29) is 12.3 Å². The second-order valence-electron chi connectivity index (χ2n) is 5.60. The molecule has 1 amide bonds. The van der Waals surface area contributed by atoms with Gasteiger partial charge in [-0.1, -0.05) is 12.1 Å². The monoisotopic (exact) mass is 300 g/mol. The lowest BCUT2D eigenvalue weighted by Crippen LogP contribution is -2.54. The first-order chi connectivity index (χ1) is 10.6. The van der Waals surface area contributed by atoms with Gasteiger partial charge in [0.05, 0.1) is 18.2 Å². The summed E-state index contributed by atoms with van der Waals surface area (Å²) in [6, 6.07) is 6.95. The lowest BCUT2D eigenvalue weighted by molar-refractivity contribution is -0.139. The quantitative estimate of drug-likeness (QED) is 0.885. The highest BCUT2D eigenvalue weighted by Gasteiger charge is 2.40. The molecule has 1 fully saturated rings. The zero-order chi connectivity index (χ0) is 15.6. The van der Waals surface area contributed by atoms with Gasteiger partial charge in [0.1, 0.15) is 0 Å². The van der Waals surface area contributed by atoms with Crippen LogP contribution >= 0.6 is 0 Å². The SMILES string of the molecule is O=C(O)CC1(NC(=O)c2ccc(-c3cnco3)cc2)CCC1. The molecule has 3 rings (SSSR count). The molecule has 2 N–H and O–H groups in total. The van der Waals surface area contributed by atoms with E-state index in [4.69, 9.17) is 9.52 Å². The van der Waals surface area contributed by atoms with Crippen molar-refractivity contribution in [1.29, 1.82) is 0 Å². The molecule has 1 heterocycles. The Kier molecular flexibility index (Phi) is 3.66. The van der Waals surface area contributed by atoms with E-state index in [1.807, 2.05) is 0 Å². The third kappa shape index (κ3) is 2.86. The van der Waals surface area contributed by atoms with Gasteiger partial charge in [0.2, 0.25) is 0 Å². The number of rotatable bonds is 5. The number of oxazole rings is 1. The van der Waals surface area contributed by atoms with Crippen LogP contribution in [-0.2, 0) is 4.79 Å². The number of nitrogens with zero attached hydrogens (tertiary/aromatic N) is 1. The van der Waals surface area contributed by atoms with Crippen molar-refractivity contribution in [2.75, 3.05) is 0 Å². The van der Waals surface area contributed by atoms with E-state index in [2.05, 4.69) is 10.3 Å². The number of amides is 1. The lowest BCUT2D eigenvalue weighted by atomic mass is 9.74. The fourth-order valence-corrected chi connectivity index (χ4v) is 2.70. The molecule has 1 saturated carbocycles. The fourth-order valence-electron chi connectivity index (χ4n) is 2.70. The standard InChI is InChI=1S/C16H16N2O4/c19-14(20)8-16(6-1-7-16)18-15(21)12-4-2-11(3-5-12)13-9-17-10-22-13/h2-5,9-10H,1,6-8H2,(H,18,21)(H,19,20). The first kappa shape index (κ1) is 14.3. The maximum absolute atomic E-state index is 12.3. The number of carbonyl (C=O) groups excluding carboxylic acids is 1. The maximum Gasteiger partial charge on any atom is 0.305 e. The van der Waals surface area contributed by atoms with Crippen LogP contribution in [0.3, 0.4) is 0 Å². The molecule has 1 aromatic carbocycles. The molecule has 6 heteroatoms. The van der Waals surface area contributed by atoms with Crippen molar-refractivity contribution in [3.8, 4) is 11.3 Å². The molecule has 1 aromatic heterocycles. The molecule has 0 bridgehead atoms. The summed E-state index contributed by atoms with van der Waals surface area (Å²) in [6.07, 6.45) is 5.28. The molecule has 1 aliphatic rings. The summed E-state index contributed by atoms with van der Waals surface area (Å²) in [5.74, 6) is -0.501. The summed E-state index contributed by atoms with van der Waals surface area (Å²) < 4.78 is 5.19. The van der Waals surface area contributed by atoms with E-state index >= 15 is 0 Å². The Morgan fingerprint density at radius 1 is 1.27 bits per heavy atom. The van der Waals surface area contributed by atoms with Crippen molar-refractivity contribution in [2.24, 2.45) is 0 Å². The Balaban J connectivity index is 1.71. The smallest absolute Gasteiger partial charge is 0.305 e. The van der Waals surface area contributed by atoms with E-state index < -0.39 is 11.5 Å². The molecule has 0 unspecified atom stereocenters. The molecule has 114 valence electrons. The third-order valence-electron chi connectivity index (χ3n) is 4.04. The van der Waals surface area contributed by atoms with Crippen molar-refractivity contribution in [1.82, 2.24) is 10.3 Å². The number of aliphatic carboxylic acids is 1. The van der Waals surface area contributed by atoms with Crippen molar-refractivity contribution >= 4 is 11.9 Å². The van der Waals surface area contributed by atoms with Crippen molar-refractivity contribution < 1.29 is 19.1 Å². The minimum absolute atomic E-state index is 0.0328. The first-order valence-corrected chi connectivity index (χ1v) is 7.11. The van der Waals surface area contributed by atoms with Gasteiger partial charge in [0.25, 0.3) is 5.91 Å². The minimum Gasteiger partial charge on any atom is -0.481 e. The average molecular weight is 300 g/mol. The molecular formula is C16H16N2O4. The zero-order valence-corrected chi connectivity index (χ0v) is 11.9. The van der Waals surface area contributed by atoms with Crippen LogP contribution in [0, 0.1) is 0 Å². The van der Waals surface area contributed by atoms with Gasteiger partial charge in [-0.3, -0.25) is 9.59 Å². The van der Waals surface area contributed by atoms with Crippen LogP contribution in [0.5, 0.6) is 0 Å². The Labute approximate surface area is 127 Å². The number of carboxylic acid groups (broad SMARTS) is 1. The van der Waals surface area contributed by atoms with Crippen LogP contribution in [0.2, 0.25) is 0 Å². The summed E-state index contributed by atoms with van der Waals surface area (Å²) in [5.41, 5.74) is 0.741. The number of hydrogen-bond acceptors (Lipinski definition) is 4. The number of nitrogens with one attached hydrogen (secondary N) is 1. The number of hydrogen-bond donors (Lipinski definition) is 2. The molecular weight excluding hydrogens is 284 g/mol. The second-order valence-corrected chi connectivity index (χ2v) is 5.60. The number of aromatic nitrogens is 1. The van der Waals surface area contributed by atoms with Gasteiger partial charge in [-0.2, -0.15) is 0 Å². The molecule has 0 saturated heterocycles. The normalized spacial score (nSPS) is 15.8.